The van der Waals surface area contributed by atoms with Crippen LogP contribution in [0.5, 0.6) is 0 Å². The van der Waals surface area contributed by atoms with E-state index in [-0.39, 0.29) is 0 Å². The molecule has 0 amide bonds. The third-order valence-corrected chi connectivity index (χ3v) is 3.77. The Labute approximate surface area is 108 Å². The van der Waals surface area contributed by atoms with Gasteiger partial charge in [0.15, 0.2) is 0 Å². The van der Waals surface area contributed by atoms with E-state index in [0.29, 0.717) is 0 Å². The Balaban J connectivity index is 2.12. The second-order valence-electron chi connectivity index (χ2n) is 5.22. The van der Waals surface area contributed by atoms with Gasteiger partial charge in [-0.3, -0.25) is 0 Å². The maximum absolute atomic E-state index is 4.69. The molecule has 0 fully saturated rings. The summed E-state index contributed by atoms with van der Waals surface area (Å²) in [6.07, 6.45) is 2.13. The molecule has 1 aromatic carbocycles. The Morgan fingerprint density at radius 2 is 1.83 bits per heavy atom. The van der Waals surface area contributed by atoms with E-state index < -0.39 is 0 Å². The Morgan fingerprint density at radius 3 is 2.50 bits per heavy atom. The van der Waals surface area contributed by atoms with E-state index in [4.69, 9.17) is 5.10 Å². The Kier molecular flexibility index (Phi) is 2.58. The van der Waals surface area contributed by atoms with Crippen LogP contribution < -0.4 is 0 Å². The van der Waals surface area contributed by atoms with Crippen molar-refractivity contribution in [1.82, 2.24) is 9.78 Å². The van der Waals surface area contributed by atoms with Crippen molar-refractivity contribution < 1.29 is 0 Å². The summed E-state index contributed by atoms with van der Waals surface area (Å²) < 4.78 is 2.11. The van der Waals surface area contributed by atoms with E-state index in [2.05, 4.69) is 49.7 Å². The number of allylic oxidation sites excluding steroid dienone is 2. The lowest BCUT2D eigenvalue weighted by molar-refractivity contribution is 0.811. The van der Waals surface area contributed by atoms with Gasteiger partial charge in [0.2, 0.25) is 0 Å². The zero-order valence-electron chi connectivity index (χ0n) is 11.2. The molecule has 1 aromatic heterocycles. The number of para-hydroxylation sites is 1. The fourth-order valence-corrected chi connectivity index (χ4v) is 2.63. The molecule has 0 radical (unpaired) electrons. The summed E-state index contributed by atoms with van der Waals surface area (Å²) in [4.78, 5) is 0. The van der Waals surface area contributed by atoms with Crippen molar-refractivity contribution in [1.29, 1.82) is 0 Å². The van der Waals surface area contributed by atoms with Crippen LogP contribution in [0.25, 0.3) is 5.69 Å². The van der Waals surface area contributed by atoms with Crippen molar-refractivity contribution in [2.45, 2.75) is 33.6 Å². The molecule has 0 saturated heterocycles. The van der Waals surface area contributed by atoms with Gasteiger partial charge in [-0.1, -0.05) is 29.3 Å². The standard InChI is InChI=1S/C16H18N2/c1-11(2)13-9-15-12(3)17-18(16(15)10-13)14-7-5-4-6-8-14/h4-8H,9-10H2,1-3H3. The summed E-state index contributed by atoms with van der Waals surface area (Å²) in [7, 11) is 0. The number of aryl methyl sites for hydroxylation is 1. The molecular formula is C16H18N2. The average Bonchev–Trinajstić information content (AvgIpc) is 2.92. The molecule has 0 saturated carbocycles. The lowest BCUT2D eigenvalue weighted by Crippen LogP contribution is -2.01. The maximum Gasteiger partial charge on any atom is 0.0649 e. The number of rotatable bonds is 1. The second-order valence-corrected chi connectivity index (χ2v) is 5.22. The van der Waals surface area contributed by atoms with Crippen LogP contribution in [-0.4, -0.2) is 9.78 Å². The molecule has 1 aliphatic rings. The van der Waals surface area contributed by atoms with Crippen LogP contribution in [0.3, 0.4) is 0 Å². The molecule has 1 aliphatic carbocycles. The van der Waals surface area contributed by atoms with Crippen LogP contribution in [0, 0.1) is 6.92 Å². The molecule has 3 rings (SSSR count). The van der Waals surface area contributed by atoms with Gasteiger partial charge in [-0.05, 0) is 39.3 Å². The van der Waals surface area contributed by atoms with Crippen molar-refractivity contribution in [3.05, 3.63) is 58.4 Å². The van der Waals surface area contributed by atoms with Gasteiger partial charge in [0, 0.05) is 12.0 Å². The first-order valence-corrected chi connectivity index (χ1v) is 6.45. The molecule has 2 aromatic rings. The highest BCUT2D eigenvalue weighted by Crippen LogP contribution is 2.32. The predicted molar refractivity (Wildman–Crippen MR) is 74.1 cm³/mol. The minimum Gasteiger partial charge on any atom is -0.237 e. The number of fused-ring (bicyclic) bond motifs is 1. The van der Waals surface area contributed by atoms with Gasteiger partial charge >= 0.3 is 0 Å². The van der Waals surface area contributed by atoms with Crippen LogP contribution >= 0.6 is 0 Å². The Bertz CT molecular complexity index is 614. The number of hydrogen-bond donors (Lipinski definition) is 0. The minimum absolute atomic E-state index is 1.05. The van der Waals surface area contributed by atoms with Gasteiger partial charge in [0.05, 0.1) is 17.1 Å². The van der Waals surface area contributed by atoms with Gasteiger partial charge in [-0.15, -0.1) is 0 Å². The van der Waals surface area contributed by atoms with Crippen LogP contribution in [0.1, 0.15) is 30.8 Å². The van der Waals surface area contributed by atoms with E-state index in [1.165, 1.54) is 22.5 Å². The topological polar surface area (TPSA) is 17.8 Å². The lowest BCUT2D eigenvalue weighted by Gasteiger charge is -2.06. The van der Waals surface area contributed by atoms with Crippen molar-refractivity contribution >= 4 is 0 Å². The third kappa shape index (κ3) is 1.69. The molecular weight excluding hydrogens is 220 g/mol. The molecule has 0 atom stereocenters. The lowest BCUT2D eigenvalue weighted by atomic mass is 10.1. The zero-order valence-corrected chi connectivity index (χ0v) is 11.2. The summed E-state index contributed by atoms with van der Waals surface area (Å²) >= 11 is 0. The molecule has 0 N–H and O–H groups in total. The summed E-state index contributed by atoms with van der Waals surface area (Å²) in [6, 6.07) is 10.4. The fourth-order valence-electron chi connectivity index (χ4n) is 2.63. The number of benzene rings is 1. The van der Waals surface area contributed by atoms with Gasteiger partial charge in [0.1, 0.15) is 0 Å². The van der Waals surface area contributed by atoms with E-state index in [9.17, 15) is 0 Å². The Hall–Kier alpha value is -1.83. The molecule has 2 nitrogen and oxygen atoms in total. The predicted octanol–water partition coefficient (Wildman–Crippen LogP) is 3.62. The fraction of sp³-hybridized carbons (Fsp3) is 0.312. The van der Waals surface area contributed by atoms with Crippen molar-refractivity contribution in [2.24, 2.45) is 0 Å². The molecule has 92 valence electrons. The van der Waals surface area contributed by atoms with E-state index >= 15 is 0 Å². The third-order valence-electron chi connectivity index (χ3n) is 3.77. The van der Waals surface area contributed by atoms with E-state index in [1.54, 1.807) is 5.57 Å². The highest BCUT2D eigenvalue weighted by atomic mass is 15.3. The highest BCUT2D eigenvalue weighted by molar-refractivity contribution is 5.45. The number of aromatic nitrogens is 2. The molecule has 0 spiro atoms. The van der Waals surface area contributed by atoms with Gasteiger partial charge in [0.25, 0.3) is 0 Å². The van der Waals surface area contributed by atoms with Crippen LogP contribution in [-0.2, 0) is 12.8 Å². The van der Waals surface area contributed by atoms with Gasteiger partial charge < -0.3 is 0 Å². The van der Waals surface area contributed by atoms with Crippen molar-refractivity contribution in [3.63, 3.8) is 0 Å². The Morgan fingerprint density at radius 1 is 1.11 bits per heavy atom. The van der Waals surface area contributed by atoms with Crippen LogP contribution in [0.15, 0.2) is 41.5 Å². The summed E-state index contributed by atoms with van der Waals surface area (Å²) in [5.74, 6) is 0. The first kappa shape index (κ1) is 11.3. The number of nitrogens with zero attached hydrogens (tertiary/aromatic N) is 2. The molecule has 18 heavy (non-hydrogen) atoms. The molecule has 2 heteroatoms. The summed E-state index contributed by atoms with van der Waals surface area (Å²) in [5.41, 5.74) is 8.13. The minimum atomic E-state index is 1.05. The first-order chi connectivity index (χ1) is 8.66. The average molecular weight is 238 g/mol. The van der Waals surface area contributed by atoms with Crippen molar-refractivity contribution in [3.8, 4) is 5.69 Å². The first-order valence-electron chi connectivity index (χ1n) is 6.45. The SMILES string of the molecule is CC(C)=C1Cc2c(C)nn(-c3ccccc3)c2C1. The summed E-state index contributed by atoms with van der Waals surface area (Å²) in [6.45, 7) is 6.53. The van der Waals surface area contributed by atoms with E-state index in [0.717, 1.165) is 18.5 Å². The summed E-state index contributed by atoms with van der Waals surface area (Å²) in [5, 5.41) is 4.69. The van der Waals surface area contributed by atoms with Crippen LogP contribution in [0.2, 0.25) is 0 Å². The van der Waals surface area contributed by atoms with Crippen molar-refractivity contribution in [2.75, 3.05) is 0 Å². The number of hydrogen-bond acceptors (Lipinski definition) is 1. The smallest absolute Gasteiger partial charge is 0.0649 e. The van der Waals surface area contributed by atoms with Gasteiger partial charge in [-0.25, -0.2) is 4.68 Å². The second kappa shape index (κ2) is 4.13. The maximum atomic E-state index is 4.69. The highest BCUT2D eigenvalue weighted by Gasteiger charge is 2.24. The largest absolute Gasteiger partial charge is 0.237 e. The molecule has 0 unspecified atom stereocenters. The monoisotopic (exact) mass is 238 g/mol. The van der Waals surface area contributed by atoms with Crippen LogP contribution in [0.4, 0.5) is 0 Å². The zero-order chi connectivity index (χ0) is 12.7. The molecule has 0 bridgehead atoms. The normalized spacial score (nSPS) is 13.8. The molecule has 0 aliphatic heterocycles. The van der Waals surface area contributed by atoms with E-state index in [1.807, 2.05) is 6.07 Å². The molecule has 1 heterocycles. The quantitative estimate of drug-likeness (QED) is 0.694. The van der Waals surface area contributed by atoms with Gasteiger partial charge in [-0.2, -0.15) is 5.10 Å².